The van der Waals surface area contributed by atoms with Gasteiger partial charge in [-0.3, -0.25) is 29.0 Å². The molecule has 8 aromatic rings. The van der Waals surface area contributed by atoms with Crippen molar-refractivity contribution < 1.29 is 19.2 Å². The number of benzene rings is 8. The van der Waals surface area contributed by atoms with Crippen LogP contribution in [0.15, 0.2) is 170 Å². The maximum atomic E-state index is 14.3. The number of rotatable bonds is 34. The van der Waals surface area contributed by atoms with E-state index in [1.807, 2.05) is 0 Å². The first-order chi connectivity index (χ1) is 43.2. The van der Waals surface area contributed by atoms with Crippen molar-refractivity contribution in [2.24, 2.45) is 0 Å². The van der Waals surface area contributed by atoms with Gasteiger partial charge in [-0.05, 0) is 207 Å². The lowest BCUT2D eigenvalue weighted by atomic mass is 9.85. The van der Waals surface area contributed by atoms with Crippen molar-refractivity contribution in [1.29, 1.82) is 0 Å². The number of nitrogens with zero attached hydrogens (tertiary/aromatic N) is 4. The lowest BCUT2D eigenvalue weighted by Crippen LogP contribution is -2.43. The predicted octanol–water partition coefficient (Wildman–Crippen LogP) is 20.7. The summed E-state index contributed by atoms with van der Waals surface area (Å²) in [6.07, 6.45) is 26.7. The van der Waals surface area contributed by atoms with E-state index in [-0.39, 0.29) is 13.1 Å². The number of amides is 4. The van der Waals surface area contributed by atoms with Crippen molar-refractivity contribution >= 4 is 68.5 Å². The summed E-state index contributed by atoms with van der Waals surface area (Å²) < 4.78 is 0. The highest BCUT2D eigenvalue weighted by atomic mass is 16.2. The van der Waals surface area contributed by atoms with Gasteiger partial charge in [-0.1, -0.05) is 178 Å². The summed E-state index contributed by atoms with van der Waals surface area (Å²) in [5, 5.41) is 0.800. The molecule has 10 rings (SSSR count). The Kier molecular flexibility index (Phi) is 22.3. The average Bonchev–Trinajstić information content (AvgIpc) is 1.13. The van der Waals surface area contributed by atoms with Gasteiger partial charge in [0.05, 0.1) is 0 Å². The molecule has 8 aromatic carbocycles. The first-order valence-corrected chi connectivity index (χ1v) is 33.6. The van der Waals surface area contributed by atoms with Crippen LogP contribution in [0.2, 0.25) is 0 Å². The van der Waals surface area contributed by atoms with Gasteiger partial charge >= 0.3 is 0 Å². The third-order valence-electron chi connectivity index (χ3n) is 18.2. The molecule has 0 N–H and O–H groups in total. The maximum Gasteiger partial charge on any atom is 0.261 e. The minimum absolute atomic E-state index is 0.235. The van der Waals surface area contributed by atoms with Crippen LogP contribution in [-0.2, 0) is 38.5 Å². The summed E-state index contributed by atoms with van der Waals surface area (Å²) in [5.74, 6) is -1.61. The molecule has 0 saturated heterocycles. The fourth-order valence-corrected chi connectivity index (χ4v) is 13.1. The van der Waals surface area contributed by atoms with Gasteiger partial charge in [-0.2, -0.15) is 0 Å². The highest BCUT2D eigenvalue weighted by molar-refractivity contribution is 6.33. The van der Waals surface area contributed by atoms with E-state index in [2.05, 4.69) is 183 Å². The molecule has 2 heterocycles. The fourth-order valence-electron chi connectivity index (χ4n) is 13.1. The smallest absolute Gasteiger partial charge is 0.261 e. The Bertz CT molecular complexity index is 3170. The van der Waals surface area contributed by atoms with Crippen molar-refractivity contribution in [2.75, 3.05) is 22.9 Å². The summed E-state index contributed by atoms with van der Waals surface area (Å²) in [6, 6.07) is 60.1. The predicted molar refractivity (Wildman–Crippen MR) is 365 cm³/mol. The molecule has 456 valence electrons. The average molecular weight is 1170 g/mol. The van der Waals surface area contributed by atoms with Crippen molar-refractivity contribution in [1.82, 2.24) is 9.80 Å². The van der Waals surface area contributed by atoms with Crippen LogP contribution in [0.3, 0.4) is 0 Å². The van der Waals surface area contributed by atoms with E-state index in [9.17, 15) is 19.2 Å². The standard InChI is InChI=1S/C80H92N4O4/c1-5-9-13-17-23-59-29-41-65(42-30-59)83(66-43-31-60(32-44-66)24-18-14-10-6-2)69-49-37-63(38-50-69)27-21-57-81-77(85)71-53-55-73-76-74(56-54-72(75(71)76)78(81)86)80(88)82(79(73)87)58-22-28-64-39-51-70(52-40-64)84(67-45-33-61(34-46-67)25-19-15-11-7-3)68-47-35-62(36-48-68)26-20-16-12-8-4/h29-56H,5-28,57-58H2,1-4H3. The number of hydrogen-bond donors (Lipinski definition) is 0. The number of imide groups is 2. The molecule has 8 nitrogen and oxygen atoms in total. The zero-order valence-electron chi connectivity index (χ0n) is 53.0. The SMILES string of the molecule is CCCCCCc1ccc(N(c2ccc(CCCCCC)cc2)c2ccc(CCCN3C(=O)c4ccc5c6c(ccc(c46)C3=O)C(=O)N(CCCc3ccc(N(c4ccc(CCCCCC)cc4)c4ccc(CCCCCC)cc4)cc3)C5=O)cc2)cc1. The number of carbonyl (C=O) groups excluding carboxylic acids is 4. The normalized spacial score (nSPS) is 12.9. The third-order valence-corrected chi connectivity index (χ3v) is 18.2. The zero-order valence-corrected chi connectivity index (χ0v) is 53.0. The molecule has 0 radical (unpaired) electrons. The summed E-state index contributed by atoms with van der Waals surface area (Å²) in [7, 11) is 0. The molecule has 8 heteroatoms. The minimum Gasteiger partial charge on any atom is -0.311 e. The lowest BCUT2D eigenvalue weighted by molar-refractivity contribution is 0.0587. The summed E-state index contributed by atoms with van der Waals surface area (Å²) in [5.41, 5.74) is 15.6. The molecule has 0 aromatic heterocycles. The van der Waals surface area contributed by atoms with Crippen molar-refractivity contribution in [3.05, 3.63) is 225 Å². The Labute approximate surface area is 525 Å². The van der Waals surface area contributed by atoms with Crippen LogP contribution in [0.4, 0.5) is 34.1 Å². The zero-order chi connectivity index (χ0) is 61.2. The Balaban J connectivity index is 0.772. The van der Waals surface area contributed by atoms with E-state index in [1.165, 1.54) is 135 Å². The lowest BCUT2D eigenvalue weighted by Gasteiger charge is -2.32. The van der Waals surface area contributed by atoms with E-state index in [4.69, 9.17) is 0 Å². The number of unbranched alkanes of at least 4 members (excludes halogenated alkanes) is 12. The first-order valence-electron chi connectivity index (χ1n) is 33.6. The van der Waals surface area contributed by atoms with Gasteiger partial charge in [0, 0.05) is 80.2 Å². The molecule has 0 fully saturated rings. The second-order valence-corrected chi connectivity index (χ2v) is 24.7. The molecule has 0 saturated carbocycles. The fraction of sp³-hybridized carbons (Fsp3) is 0.375. The van der Waals surface area contributed by atoms with Gasteiger partial charge in [-0.15, -0.1) is 0 Å². The second-order valence-electron chi connectivity index (χ2n) is 24.7. The third kappa shape index (κ3) is 15.2. The Morgan fingerprint density at radius 3 is 0.625 bits per heavy atom. The van der Waals surface area contributed by atoms with Crippen LogP contribution in [-0.4, -0.2) is 46.5 Å². The van der Waals surface area contributed by atoms with Gasteiger partial charge in [0.1, 0.15) is 0 Å². The number of anilines is 6. The molecule has 88 heavy (non-hydrogen) atoms. The van der Waals surface area contributed by atoms with Crippen LogP contribution >= 0.6 is 0 Å². The van der Waals surface area contributed by atoms with E-state index < -0.39 is 23.6 Å². The maximum absolute atomic E-state index is 14.3. The second kappa shape index (κ2) is 31.2. The van der Waals surface area contributed by atoms with Crippen molar-refractivity contribution in [3.8, 4) is 0 Å². The van der Waals surface area contributed by atoms with Crippen molar-refractivity contribution in [3.63, 3.8) is 0 Å². The van der Waals surface area contributed by atoms with Gasteiger partial charge in [0.25, 0.3) is 23.6 Å². The van der Waals surface area contributed by atoms with Crippen LogP contribution in [0.1, 0.15) is 218 Å². The van der Waals surface area contributed by atoms with E-state index >= 15 is 0 Å². The molecule has 0 spiro atoms. The Hall–Kier alpha value is -8.10. The molecule has 0 atom stereocenters. The van der Waals surface area contributed by atoms with Gasteiger partial charge in [0.2, 0.25) is 0 Å². The molecule has 0 aliphatic carbocycles. The Morgan fingerprint density at radius 2 is 0.432 bits per heavy atom. The van der Waals surface area contributed by atoms with Crippen LogP contribution in [0.25, 0.3) is 10.8 Å². The quantitative estimate of drug-likeness (QED) is 0.0295. The highest BCUT2D eigenvalue weighted by Gasteiger charge is 2.39. The van der Waals surface area contributed by atoms with Crippen LogP contribution in [0, 0.1) is 0 Å². The monoisotopic (exact) mass is 1170 g/mol. The molecule has 0 unspecified atom stereocenters. The molecule has 2 aliphatic heterocycles. The number of hydrogen-bond acceptors (Lipinski definition) is 6. The van der Waals surface area contributed by atoms with Crippen LogP contribution in [0.5, 0.6) is 0 Å². The summed E-state index contributed by atoms with van der Waals surface area (Å²) in [6.45, 7) is 9.48. The van der Waals surface area contributed by atoms with Crippen molar-refractivity contribution in [2.45, 2.75) is 182 Å². The van der Waals surface area contributed by atoms with Gasteiger partial charge in [-0.25, -0.2) is 0 Å². The Morgan fingerprint density at radius 1 is 0.239 bits per heavy atom. The molecular weight excluding hydrogens is 1080 g/mol. The van der Waals surface area contributed by atoms with Gasteiger partial charge < -0.3 is 9.80 Å². The van der Waals surface area contributed by atoms with E-state index in [0.717, 1.165) is 70.9 Å². The summed E-state index contributed by atoms with van der Waals surface area (Å²) >= 11 is 0. The topological polar surface area (TPSA) is 81.2 Å². The first kappa shape index (κ1) is 62.9. The molecule has 0 bridgehead atoms. The van der Waals surface area contributed by atoms with Crippen LogP contribution < -0.4 is 9.80 Å². The number of aryl methyl sites for hydroxylation is 6. The van der Waals surface area contributed by atoms with E-state index in [0.29, 0.717) is 58.7 Å². The molecule has 2 aliphatic rings. The minimum atomic E-state index is -0.403. The molecular formula is C80H92N4O4. The number of carbonyl (C=O) groups is 4. The van der Waals surface area contributed by atoms with E-state index in [1.54, 1.807) is 24.3 Å². The molecule has 4 amide bonds. The largest absolute Gasteiger partial charge is 0.311 e. The highest BCUT2D eigenvalue weighted by Crippen LogP contribution is 2.40. The summed E-state index contributed by atoms with van der Waals surface area (Å²) in [4.78, 5) is 64.6. The van der Waals surface area contributed by atoms with Gasteiger partial charge in [0.15, 0.2) is 0 Å².